The van der Waals surface area contributed by atoms with Crippen molar-refractivity contribution in [2.45, 2.75) is 20.5 Å². The van der Waals surface area contributed by atoms with E-state index in [4.69, 9.17) is 4.74 Å². The number of ether oxygens (including phenoxy) is 1. The summed E-state index contributed by atoms with van der Waals surface area (Å²) in [6.45, 7) is 4.83. The zero-order valence-electron chi connectivity index (χ0n) is 13.0. The van der Waals surface area contributed by atoms with Crippen molar-refractivity contribution >= 4 is 0 Å². The lowest BCUT2D eigenvalue weighted by molar-refractivity contribution is 0.303. The summed E-state index contributed by atoms with van der Waals surface area (Å²) < 4.78 is 5.99. The van der Waals surface area contributed by atoms with Crippen LogP contribution in [0, 0.1) is 13.8 Å². The summed E-state index contributed by atoms with van der Waals surface area (Å²) in [6.07, 6.45) is 0. The minimum Gasteiger partial charge on any atom is -0.489 e. The van der Waals surface area contributed by atoms with Gasteiger partial charge in [-0.15, -0.1) is 0 Å². The van der Waals surface area contributed by atoms with Crippen molar-refractivity contribution < 1.29 is 4.74 Å². The highest BCUT2D eigenvalue weighted by molar-refractivity contribution is 5.68. The molecule has 0 aliphatic rings. The molecule has 0 saturated carbocycles. The average Bonchev–Trinajstić information content (AvgIpc) is 2.56. The van der Waals surface area contributed by atoms with Gasteiger partial charge in [-0.25, -0.2) is 0 Å². The second-order valence-electron chi connectivity index (χ2n) is 5.51. The second kappa shape index (κ2) is 6.48. The lowest BCUT2D eigenvalue weighted by Crippen LogP contribution is -2.00. The molecule has 0 aliphatic heterocycles. The standard InChI is InChI=1S/C21H20O/c1-16-9-6-7-14-21(16)22-15-19-12-8-13-20(17(19)2)18-10-4-3-5-11-18/h3-14H,15H2,1-2H3. The smallest absolute Gasteiger partial charge is 0.122 e. The van der Waals surface area contributed by atoms with Crippen molar-refractivity contribution in [2.24, 2.45) is 0 Å². The first-order valence-corrected chi connectivity index (χ1v) is 7.58. The number of benzene rings is 3. The predicted octanol–water partition coefficient (Wildman–Crippen LogP) is 5.55. The van der Waals surface area contributed by atoms with Crippen molar-refractivity contribution in [3.8, 4) is 16.9 Å². The normalized spacial score (nSPS) is 10.5. The van der Waals surface area contributed by atoms with Crippen LogP contribution in [-0.2, 0) is 6.61 Å². The molecule has 1 nitrogen and oxygen atoms in total. The lowest BCUT2D eigenvalue weighted by atomic mass is 9.97. The minimum absolute atomic E-state index is 0.595. The molecular formula is C21H20O. The highest BCUT2D eigenvalue weighted by Crippen LogP contribution is 2.26. The SMILES string of the molecule is Cc1ccccc1OCc1cccc(-c2ccccc2)c1C. The third-order valence-corrected chi connectivity index (χ3v) is 4.01. The molecule has 22 heavy (non-hydrogen) atoms. The topological polar surface area (TPSA) is 9.23 Å². The Morgan fingerprint density at radius 2 is 1.45 bits per heavy atom. The van der Waals surface area contributed by atoms with E-state index >= 15 is 0 Å². The van der Waals surface area contributed by atoms with Crippen LogP contribution in [0.2, 0.25) is 0 Å². The molecule has 3 aromatic rings. The minimum atomic E-state index is 0.595. The molecule has 0 aliphatic carbocycles. The van der Waals surface area contributed by atoms with Gasteiger partial charge in [-0.1, -0.05) is 66.7 Å². The second-order valence-corrected chi connectivity index (χ2v) is 5.51. The monoisotopic (exact) mass is 288 g/mol. The first kappa shape index (κ1) is 14.4. The van der Waals surface area contributed by atoms with Gasteiger partial charge in [0.2, 0.25) is 0 Å². The quantitative estimate of drug-likeness (QED) is 0.611. The largest absolute Gasteiger partial charge is 0.489 e. The van der Waals surface area contributed by atoms with E-state index in [-0.39, 0.29) is 0 Å². The van der Waals surface area contributed by atoms with Crippen LogP contribution in [-0.4, -0.2) is 0 Å². The van der Waals surface area contributed by atoms with Gasteiger partial charge in [-0.05, 0) is 47.7 Å². The van der Waals surface area contributed by atoms with E-state index in [1.807, 2.05) is 24.3 Å². The van der Waals surface area contributed by atoms with Crippen LogP contribution in [0.25, 0.3) is 11.1 Å². The van der Waals surface area contributed by atoms with E-state index in [1.165, 1.54) is 27.8 Å². The summed E-state index contributed by atoms with van der Waals surface area (Å²) in [5.74, 6) is 0.951. The number of rotatable bonds is 4. The molecule has 0 radical (unpaired) electrons. The van der Waals surface area contributed by atoms with Crippen LogP contribution in [0.5, 0.6) is 5.75 Å². The summed E-state index contributed by atoms with van der Waals surface area (Å²) in [5.41, 5.74) is 6.19. The number of para-hydroxylation sites is 1. The van der Waals surface area contributed by atoms with E-state index in [0.717, 1.165) is 5.75 Å². The molecule has 0 N–H and O–H groups in total. The van der Waals surface area contributed by atoms with Crippen LogP contribution < -0.4 is 4.74 Å². The van der Waals surface area contributed by atoms with Gasteiger partial charge in [-0.2, -0.15) is 0 Å². The molecular weight excluding hydrogens is 268 g/mol. The van der Waals surface area contributed by atoms with Gasteiger partial charge < -0.3 is 4.74 Å². The maximum Gasteiger partial charge on any atom is 0.122 e. The Kier molecular flexibility index (Phi) is 4.24. The average molecular weight is 288 g/mol. The molecule has 0 fully saturated rings. The van der Waals surface area contributed by atoms with Gasteiger partial charge in [0.15, 0.2) is 0 Å². The first-order chi connectivity index (χ1) is 10.8. The highest BCUT2D eigenvalue weighted by atomic mass is 16.5. The summed E-state index contributed by atoms with van der Waals surface area (Å²) in [4.78, 5) is 0. The van der Waals surface area contributed by atoms with Gasteiger partial charge in [0.1, 0.15) is 12.4 Å². The Morgan fingerprint density at radius 1 is 0.727 bits per heavy atom. The Bertz CT molecular complexity index is 760. The van der Waals surface area contributed by atoms with Gasteiger partial charge in [-0.3, -0.25) is 0 Å². The van der Waals surface area contributed by atoms with Crippen molar-refractivity contribution in [2.75, 3.05) is 0 Å². The molecule has 0 unspecified atom stereocenters. The molecule has 0 bridgehead atoms. The number of aryl methyl sites for hydroxylation is 1. The number of hydrogen-bond acceptors (Lipinski definition) is 1. The van der Waals surface area contributed by atoms with Crippen LogP contribution in [0.1, 0.15) is 16.7 Å². The van der Waals surface area contributed by atoms with Crippen LogP contribution in [0.4, 0.5) is 0 Å². The van der Waals surface area contributed by atoms with Gasteiger partial charge >= 0.3 is 0 Å². The molecule has 0 aromatic heterocycles. The fraction of sp³-hybridized carbons (Fsp3) is 0.143. The Hall–Kier alpha value is -2.54. The lowest BCUT2D eigenvalue weighted by Gasteiger charge is -2.14. The first-order valence-electron chi connectivity index (χ1n) is 7.58. The molecule has 0 atom stereocenters. The molecule has 110 valence electrons. The Balaban J connectivity index is 1.85. The molecule has 0 heterocycles. The Labute approximate surface area is 132 Å². The van der Waals surface area contributed by atoms with Gasteiger partial charge in [0, 0.05) is 0 Å². The molecule has 1 heteroatoms. The van der Waals surface area contributed by atoms with Gasteiger partial charge in [0.05, 0.1) is 0 Å². The maximum atomic E-state index is 5.99. The molecule has 0 amide bonds. The summed E-state index contributed by atoms with van der Waals surface area (Å²) in [6, 6.07) is 25.0. The predicted molar refractivity (Wildman–Crippen MR) is 92.1 cm³/mol. The zero-order valence-corrected chi connectivity index (χ0v) is 13.0. The fourth-order valence-electron chi connectivity index (χ4n) is 2.64. The third-order valence-electron chi connectivity index (χ3n) is 4.01. The zero-order chi connectivity index (χ0) is 15.4. The molecule has 3 rings (SSSR count). The summed E-state index contributed by atoms with van der Waals surface area (Å²) in [7, 11) is 0. The van der Waals surface area contributed by atoms with E-state index in [0.29, 0.717) is 6.61 Å². The van der Waals surface area contributed by atoms with E-state index in [1.54, 1.807) is 0 Å². The molecule has 0 spiro atoms. The van der Waals surface area contributed by atoms with E-state index in [9.17, 15) is 0 Å². The van der Waals surface area contributed by atoms with Crippen molar-refractivity contribution in [1.82, 2.24) is 0 Å². The fourth-order valence-corrected chi connectivity index (χ4v) is 2.64. The molecule has 3 aromatic carbocycles. The maximum absolute atomic E-state index is 5.99. The van der Waals surface area contributed by atoms with E-state index in [2.05, 4.69) is 62.4 Å². The third kappa shape index (κ3) is 3.04. The summed E-state index contributed by atoms with van der Waals surface area (Å²) in [5, 5.41) is 0. The van der Waals surface area contributed by atoms with Crippen molar-refractivity contribution in [1.29, 1.82) is 0 Å². The van der Waals surface area contributed by atoms with Gasteiger partial charge in [0.25, 0.3) is 0 Å². The highest BCUT2D eigenvalue weighted by Gasteiger charge is 2.07. The van der Waals surface area contributed by atoms with Crippen LogP contribution >= 0.6 is 0 Å². The molecule has 0 saturated heterocycles. The van der Waals surface area contributed by atoms with Crippen LogP contribution in [0.15, 0.2) is 72.8 Å². The van der Waals surface area contributed by atoms with Crippen LogP contribution in [0.3, 0.4) is 0 Å². The van der Waals surface area contributed by atoms with Crippen molar-refractivity contribution in [3.63, 3.8) is 0 Å². The van der Waals surface area contributed by atoms with Crippen molar-refractivity contribution in [3.05, 3.63) is 89.5 Å². The van der Waals surface area contributed by atoms with E-state index < -0.39 is 0 Å². The Morgan fingerprint density at radius 3 is 2.23 bits per heavy atom. The summed E-state index contributed by atoms with van der Waals surface area (Å²) >= 11 is 0. The number of hydrogen-bond donors (Lipinski definition) is 0.